The predicted octanol–water partition coefficient (Wildman–Crippen LogP) is 1.14. The van der Waals surface area contributed by atoms with Crippen molar-refractivity contribution in [1.82, 2.24) is 5.32 Å². The van der Waals surface area contributed by atoms with Crippen molar-refractivity contribution in [3.8, 4) is 6.07 Å². The smallest absolute Gasteiger partial charge is 0.208 e. The van der Waals surface area contributed by atoms with E-state index in [1.165, 1.54) is 24.3 Å². The van der Waals surface area contributed by atoms with Crippen LogP contribution in [0.25, 0.3) is 0 Å². The maximum atomic E-state index is 12.5. The quantitative estimate of drug-likeness (QED) is 0.705. The molecule has 0 heterocycles. The summed E-state index contributed by atoms with van der Waals surface area (Å²) in [5.41, 5.74) is 0.566. The summed E-state index contributed by atoms with van der Waals surface area (Å²) in [6.45, 7) is 0. The van der Waals surface area contributed by atoms with E-state index in [-0.39, 0.29) is 5.82 Å². The molecule has 1 amide bonds. The molecular formula is C9H7FN2O. The molecule has 66 valence electrons. The number of hydrogen-bond donors (Lipinski definition) is 1. The lowest BCUT2D eigenvalue weighted by Gasteiger charge is -2.06. The lowest BCUT2D eigenvalue weighted by Crippen LogP contribution is -2.17. The van der Waals surface area contributed by atoms with Gasteiger partial charge in [0.15, 0.2) is 0 Å². The Balaban J connectivity index is 2.87. The van der Waals surface area contributed by atoms with Gasteiger partial charge >= 0.3 is 0 Å². The van der Waals surface area contributed by atoms with Crippen LogP contribution in [0, 0.1) is 17.1 Å². The van der Waals surface area contributed by atoms with Crippen molar-refractivity contribution in [2.75, 3.05) is 0 Å². The van der Waals surface area contributed by atoms with Crippen LogP contribution in [0.5, 0.6) is 0 Å². The van der Waals surface area contributed by atoms with E-state index < -0.39 is 6.04 Å². The molecule has 0 saturated heterocycles. The molecule has 13 heavy (non-hydrogen) atoms. The minimum Gasteiger partial charge on any atom is -0.339 e. The SMILES string of the molecule is N#CC(NC=O)c1ccc(F)cc1. The average Bonchev–Trinajstić information content (AvgIpc) is 2.16. The largest absolute Gasteiger partial charge is 0.339 e. The molecule has 0 aliphatic carbocycles. The van der Waals surface area contributed by atoms with E-state index >= 15 is 0 Å². The summed E-state index contributed by atoms with van der Waals surface area (Å²) in [4.78, 5) is 10.1. The lowest BCUT2D eigenvalue weighted by molar-refractivity contribution is -0.109. The van der Waals surface area contributed by atoms with Gasteiger partial charge in [0.05, 0.1) is 6.07 Å². The average molecular weight is 178 g/mol. The van der Waals surface area contributed by atoms with Gasteiger partial charge in [-0.05, 0) is 17.7 Å². The first-order valence-electron chi connectivity index (χ1n) is 3.62. The van der Waals surface area contributed by atoms with Crippen LogP contribution < -0.4 is 5.32 Å². The summed E-state index contributed by atoms with van der Waals surface area (Å²) in [7, 11) is 0. The first kappa shape index (κ1) is 9.20. The molecule has 1 rings (SSSR count). The van der Waals surface area contributed by atoms with Gasteiger partial charge in [-0.1, -0.05) is 12.1 Å². The van der Waals surface area contributed by atoms with Crippen LogP contribution in [0.4, 0.5) is 4.39 Å². The fourth-order valence-corrected chi connectivity index (χ4v) is 0.931. The van der Waals surface area contributed by atoms with Crippen LogP contribution in [0.2, 0.25) is 0 Å². The molecule has 4 heteroatoms. The number of hydrogen-bond acceptors (Lipinski definition) is 2. The number of carbonyl (C=O) groups is 1. The van der Waals surface area contributed by atoms with Crippen LogP contribution in [-0.2, 0) is 4.79 Å². The molecule has 1 aromatic carbocycles. The topological polar surface area (TPSA) is 52.9 Å². The number of carbonyl (C=O) groups excluding carboxylic acids is 1. The molecule has 3 nitrogen and oxygen atoms in total. The van der Waals surface area contributed by atoms with Crippen LogP contribution >= 0.6 is 0 Å². The van der Waals surface area contributed by atoms with Crippen LogP contribution in [0.3, 0.4) is 0 Å². The summed E-state index contributed by atoms with van der Waals surface area (Å²) in [5.74, 6) is -0.369. The molecule has 0 fully saturated rings. The fourth-order valence-electron chi connectivity index (χ4n) is 0.931. The number of nitriles is 1. The van der Waals surface area contributed by atoms with Crippen molar-refractivity contribution in [2.24, 2.45) is 0 Å². The molecule has 1 aromatic rings. The van der Waals surface area contributed by atoms with Gasteiger partial charge in [-0.3, -0.25) is 4.79 Å². The zero-order valence-corrected chi connectivity index (χ0v) is 6.70. The Bertz CT molecular complexity index is 328. The third-order valence-corrected chi connectivity index (χ3v) is 1.57. The number of nitrogens with zero attached hydrogens (tertiary/aromatic N) is 1. The highest BCUT2D eigenvalue weighted by molar-refractivity contribution is 5.49. The molecule has 1 N–H and O–H groups in total. The van der Waals surface area contributed by atoms with E-state index in [9.17, 15) is 9.18 Å². The second-order valence-corrected chi connectivity index (χ2v) is 2.40. The van der Waals surface area contributed by atoms with Gasteiger partial charge in [-0.15, -0.1) is 0 Å². The number of rotatable bonds is 3. The Labute approximate surface area is 74.8 Å². The summed E-state index contributed by atoms with van der Waals surface area (Å²) >= 11 is 0. The van der Waals surface area contributed by atoms with Crippen molar-refractivity contribution in [3.63, 3.8) is 0 Å². The Morgan fingerprint density at radius 2 is 2.08 bits per heavy atom. The monoisotopic (exact) mass is 178 g/mol. The Morgan fingerprint density at radius 1 is 1.46 bits per heavy atom. The minimum absolute atomic E-state index is 0.369. The molecule has 1 unspecified atom stereocenters. The molecule has 0 spiro atoms. The van der Waals surface area contributed by atoms with Crippen molar-refractivity contribution < 1.29 is 9.18 Å². The zero-order valence-electron chi connectivity index (χ0n) is 6.70. The highest BCUT2D eigenvalue weighted by atomic mass is 19.1. The number of benzene rings is 1. The van der Waals surface area contributed by atoms with Crippen molar-refractivity contribution in [2.45, 2.75) is 6.04 Å². The van der Waals surface area contributed by atoms with Crippen LogP contribution in [0.1, 0.15) is 11.6 Å². The molecule has 0 radical (unpaired) electrons. The normalized spacial score (nSPS) is 11.4. The number of halogens is 1. The van der Waals surface area contributed by atoms with Crippen LogP contribution in [0.15, 0.2) is 24.3 Å². The maximum absolute atomic E-state index is 12.5. The molecule has 1 atom stereocenters. The van der Waals surface area contributed by atoms with Gasteiger partial charge < -0.3 is 5.32 Å². The molecule has 0 aliphatic heterocycles. The highest BCUT2D eigenvalue weighted by Crippen LogP contribution is 2.11. The first-order valence-corrected chi connectivity index (χ1v) is 3.62. The van der Waals surface area contributed by atoms with Gasteiger partial charge in [0.25, 0.3) is 0 Å². The van der Waals surface area contributed by atoms with Gasteiger partial charge in [-0.2, -0.15) is 5.26 Å². The van der Waals surface area contributed by atoms with E-state index in [2.05, 4.69) is 5.32 Å². The molecular weight excluding hydrogens is 171 g/mol. The van der Waals surface area contributed by atoms with Gasteiger partial charge in [0, 0.05) is 0 Å². The first-order chi connectivity index (χ1) is 6.27. The van der Waals surface area contributed by atoms with E-state index in [1.807, 2.05) is 6.07 Å². The molecule has 0 aliphatic rings. The predicted molar refractivity (Wildman–Crippen MR) is 44.0 cm³/mol. The fraction of sp³-hybridized carbons (Fsp3) is 0.111. The molecule has 0 bridgehead atoms. The van der Waals surface area contributed by atoms with Gasteiger partial charge in [0.2, 0.25) is 6.41 Å². The third-order valence-electron chi connectivity index (χ3n) is 1.57. The second kappa shape index (κ2) is 4.21. The third kappa shape index (κ3) is 2.27. The Hall–Kier alpha value is -1.89. The van der Waals surface area contributed by atoms with Crippen molar-refractivity contribution >= 4 is 6.41 Å². The van der Waals surface area contributed by atoms with Crippen molar-refractivity contribution in [1.29, 1.82) is 5.26 Å². The van der Waals surface area contributed by atoms with Gasteiger partial charge in [-0.25, -0.2) is 4.39 Å². The zero-order chi connectivity index (χ0) is 9.68. The second-order valence-electron chi connectivity index (χ2n) is 2.40. The van der Waals surface area contributed by atoms with E-state index in [4.69, 9.17) is 5.26 Å². The summed E-state index contributed by atoms with van der Waals surface area (Å²) in [6.07, 6.45) is 0.442. The van der Waals surface area contributed by atoms with Crippen LogP contribution in [-0.4, -0.2) is 6.41 Å². The van der Waals surface area contributed by atoms with Gasteiger partial charge in [0.1, 0.15) is 11.9 Å². The number of amides is 1. The lowest BCUT2D eigenvalue weighted by atomic mass is 10.1. The number of nitrogens with one attached hydrogen (secondary N) is 1. The summed E-state index contributed by atoms with van der Waals surface area (Å²) < 4.78 is 12.5. The Morgan fingerprint density at radius 3 is 2.54 bits per heavy atom. The standard InChI is InChI=1S/C9H7FN2O/c10-8-3-1-7(2-4-8)9(5-11)12-6-13/h1-4,6,9H,(H,12,13). The minimum atomic E-state index is -0.710. The van der Waals surface area contributed by atoms with E-state index in [1.54, 1.807) is 0 Å². The summed E-state index contributed by atoms with van der Waals surface area (Å²) in [5, 5.41) is 10.9. The van der Waals surface area contributed by atoms with Crippen molar-refractivity contribution in [3.05, 3.63) is 35.6 Å². The van der Waals surface area contributed by atoms with E-state index in [0.29, 0.717) is 12.0 Å². The molecule has 0 aromatic heterocycles. The maximum Gasteiger partial charge on any atom is 0.208 e. The van der Waals surface area contributed by atoms with E-state index in [0.717, 1.165) is 0 Å². The Kier molecular flexibility index (Phi) is 2.98. The summed E-state index contributed by atoms with van der Waals surface area (Å²) in [6, 6.07) is 6.56. The highest BCUT2D eigenvalue weighted by Gasteiger charge is 2.07. The molecule has 0 saturated carbocycles.